The highest BCUT2D eigenvalue weighted by molar-refractivity contribution is 5.91. The normalized spacial score (nSPS) is 46.1. The van der Waals surface area contributed by atoms with Gasteiger partial charge in [0.05, 0.1) is 29.8 Å². The third-order valence-corrected chi connectivity index (χ3v) is 7.28. The summed E-state index contributed by atoms with van der Waals surface area (Å²) in [4.78, 5) is 12.4. The van der Waals surface area contributed by atoms with E-state index in [0.717, 1.165) is 11.1 Å². The zero-order chi connectivity index (χ0) is 18.7. The van der Waals surface area contributed by atoms with Crippen molar-refractivity contribution in [3.8, 4) is 0 Å². The Hall–Kier alpha value is -1.63. The minimum absolute atomic E-state index is 0.328. The molecule has 1 aromatic heterocycles. The number of hydrogen-bond acceptors (Lipinski definition) is 6. The molecule has 1 aliphatic heterocycles. The van der Waals surface area contributed by atoms with Crippen LogP contribution in [0.1, 0.15) is 64.0 Å². The topological polar surface area (TPSA) is 100 Å². The molecule has 3 aliphatic rings. The molecule has 3 fully saturated rings. The fourth-order valence-corrected chi connectivity index (χ4v) is 5.08. The van der Waals surface area contributed by atoms with Gasteiger partial charge in [0.25, 0.3) is 0 Å². The zero-order valence-corrected chi connectivity index (χ0v) is 15.2. The highest BCUT2D eigenvalue weighted by Gasteiger charge is 2.64. The van der Waals surface area contributed by atoms with Crippen LogP contribution in [0.25, 0.3) is 0 Å². The Bertz CT molecular complexity index is 748. The first-order valence-electron chi connectivity index (χ1n) is 9.25. The zero-order valence-electron chi connectivity index (χ0n) is 15.2. The molecule has 0 bridgehead atoms. The van der Waals surface area contributed by atoms with E-state index in [1.54, 1.807) is 25.5 Å². The summed E-state index contributed by atoms with van der Waals surface area (Å²) in [5.74, 6) is -0.332. The first-order chi connectivity index (χ1) is 12.2. The van der Waals surface area contributed by atoms with Gasteiger partial charge in [0.1, 0.15) is 6.10 Å². The number of furan rings is 1. The molecule has 26 heavy (non-hydrogen) atoms. The molecule has 0 spiro atoms. The van der Waals surface area contributed by atoms with Gasteiger partial charge in [-0.15, -0.1) is 0 Å². The van der Waals surface area contributed by atoms with Crippen LogP contribution in [0.5, 0.6) is 0 Å². The lowest BCUT2D eigenvalue weighted by atomic mass is 9.49. The molecule has 0 aromatic carbocycles. The Morgan fingerprint density at radius 3 is 2.69 bits per heavy atom. The number of ether oxygens (including phenoxy) is 1. The van der Waals surface area contributed by atoms with E-state index in [9.17, 15) is 20.1 Å². The quantitative estimate of drug-likeness (QED) is 0.524. The smallest absolute Gasteiger partial charge is 0.334 e. The number of esters is 1. The van der Waals surface area contributed by atoms with Crippen LogP contribution in [0.2, 0.25) is 0 Å². The van der Waals surface area contributed by atoms with Gasteiger partial charge in [-0.3, -0.25) is 0 Å². The molecule has 2 heterocycles. The molecule has 2 aliphatic carbocycles. The summed E-state index contributed by atoms with van der Waals surface area (Å²) in [6.07, 6.45) is 4.58. The van der Waals surface area contributed by atoms with E-state index < -0.39 is 22.7 Å². The van der Waals surface area contributed by atoms with E-state index in [1.807, 2.05) is 6.92 Å². The maximum absolute atomic E-state index is 12.4. The molecule has 142 valence electrons. The van der Waals surface area contributed by atoms with E-state index in [1.165, 1.54) is 0 Å². The third-order valence-electron chi connectivity index (χ3n) is 7.28. The van der Waals surface area contributed by atoms with Crippen LogP contribution in [0, 0.1) is 5.41 Å². The highest BCUT2D eigenvalue weighted by Crippen LogP contribution is 2.59. The average molecular weight is 362 g/mol. The van der Waals surface area contributed by atoms with Gasteiger partial charge in [-0.1, -0.05) is 12.5 Å². The molecular weight excluding hydrogens is 336 g/mol. The van der Waals surface area contributed by atoms with Gasteiger partial charge in [-0.25, -0.2) is 4.79 Å². The lowest BCUT2D eigenvalue weighted by molar-refractivity contribution is -0.258. The number of carbonyl (C=O) groups is 1. The lowest BCUT2D eigenvalue weighted by Crippen LogP contribution is -2.68. The second kappa shape index (κ2) is 5.68. The van der Waals surface area contributed by atoms with Crippen LogP contribution in [0.3, 0.4) is 0 Å². The molecule has 5 atom stereocenters. The van der Waals surface area contributed by atoms with Gasteiger partial charge < -0.3 is 24.5 Å². The molecule has 2 saturated carbocycles. The number of aliphatic hydroxyl groups excluding tert-OH is 1. The molecule has 1 aromatic rings. The van der Waals surface area contributed by atoms with Crippen molar-refractivity contribution in [2.45, 2.75) is 75.8 Å². The number of fused-ring (bicyclic) bond motifs is 1. The predicted octanol–water partition coefficient (Wildman–Crippen LogP) is 2.39. The van der Waals surface area contributed by atoms with Crippen molar-refractivity contribution in [2.75, 3.05) is 0 Å². The molecule has 0 unspecified atom stereocenters. The first kappa shape index (κ1) is 17.8. The summed E-state index contributed by atoms with van der Waals surface area (Å²) in [6, 6.07) is 1.79. The van der Waals surface area contributed by atoms with Gasteiger partial charge in [-0.2, -0.15) is 0 Å². The van der Waals surface area contributed by atoms with E-state index in [-0.39, 0.29) is 12.1 Å². The molecule has 0 radical (unpaired) electrons. The van der Waals surface area contributed by atoms with Crippen molar-refractivity contribution >= 4 is 5.97 Å². The minimum Gasteiger partial charge on any atom is -0.472 e. The number of cyclic esters (lactones) is 1. The fraction of sp³-hybridized carbons (Fsp3) is 0.650. The fourth-order valence-electron chi connectivity index (χ4n) is 5.08. The Balaban J connectivity index is 1.64. The van der Waals surface area contributed by atoms with Crippen LogP contribution < -0.4 is 0 Å². The standard InChI is InChI=1S/C20H26O6/c1-18-6-3-12(10-20(18,24)7-4-16(21)19(18,2)23)14-9-15(26-17(14)22)13-5-8-25-11-13/h5,8,11,15-16,21,23-24H,3-4,6-7,9-10H2,1-2H3/t15-,16-,18-,19+,20+/m1/s1. The molecular formula is C20H26O6. The third kappa shape index (κ3) is 2.32. The molecule has 6 nitrogen and oxygen atoms in total. The van der Waals surface area contributed by atoms with Crippen LogP contribution in [-0.2, 0) is 9.53 Å². The van der Waals surface area contributed by atoms with Crippen molar-refractivity contribution in [1.29, 1.82) is 0 Å². The summed E-state index contributed by atoms with van der Waals surface area (Å²) < 4.78 is 10.6. The Labute approximate surface area is 152 Å². The maximum Gasteiger partial charge on any atom is 0.334 e. The van der Waals surface area contributed by atoms with Crippen LogP contribution in [0.4, 0.5) is 0 Å². The summed E-state index contributed by atoms with van der Waals surface area (Å²) in [5, 5.41) is 32.6. The van der Waals surface area contributed by atoms with E-state index in [0.29, 0.717) is 44.1 Å². The van der Waals surface area contributed by atoms with Gasteiger partial charge >= 0.3 is 5.97 Å². The van der Waals surface area contributed by atoms with E-state index >= 15 is 0 Å². The van der Waals surface area contributed by atoms with E-state index in [2.05, 4.69) is 0 Å². The van der Waals surface area contributed by atoms with Crippen LogP contribution >= 0.6 is 0 Å². The predicted molar refractivity (Wildman–Crippen MR) is 92.0 cm³/mol. The summed E-state index contributed by atoms with van der Waals surface area (Å²) in [5.41, 5.74) is -0.966. The monoisotopic (exact) mass is 362 g/mol. The van der Waals surface area contributed by atoms with Crippen LogP contribution in [0.15, 0.2) is 34.2 Å². The first-order valence-corrected chi connectivity index (χ1v) is 9.25. The Morgan fingerprint density at radius 1 is 1.23 bits per heavy atom. The summed E-state index contributed by atoms with van der Waals surface area (Å²) in [6.45, 7) is 3.46. The number of aliphatic hydroxyl groups is 3. The van der Waals surface area contributed by atoms with E-state index in [4.69, 9.17) is 9.15 Å². The van der Waals surface area contributed by atoms with Crippen molar-refractivity contribution in [3.05, 3.63) is 35.3 Å². The summed E-state index contributed by atoms with van der Waals surface area (Å²) >= 11 is 0. The molecule has 0 amide bonds. The molecule has 6 heteroatoms. The number of hydrogen-bond donors (Lipinski definition) is 3. The lowest BCUT2D eigenvalue weighted by Gasteiger charge is -2.61. The highest BCUT2D eigenvalue weighted by atomic mass is 16.6. The van der Waals surface area contributed by atoms with Crippen LogP contribution in [-0.4, -0.2) is 38.6 Å². The van der Waals surface area contributed by atoms with Crippen molar-refractivity contribution in [1.82, 2.24) is 0 Å². The van der Waals surface area contributed by atoms with Crippen molar-refractivity contribution in [2.24, 2.45) is 5.41 Å². The maximum atomic E-state index is 12.4. The molecule has 3 N–H and O–H groups in total. The minimum atomic E-state index is -1.37. The second-order valence-corrected chi connectivity index (χ2v) is 8.48. The molecule has 4 rings (SSSR count). The van der Waals surface area contributed by atoms with Gasteiger partial charge in [0, 0.05) is 23.0 Å². The second-order valence-electron chi connectivity index (χ2n) is 8.48. The SMILES string of the molecule is C[C@]12CCC(=C3C[C@H](c4ccoc4)OC3=O)C[C@@]1(O)CC[C@@H](O)[C@]2(C)O. The Kier molecular flexibility index (Phi) is 3.88. The summed E-state index contributed by atoms with van der Waals surface area (Å²) in [7, 11) is 0. The van der Waals surface area contributed by atoms with Gasteiger partial charge in [0.15, 0.2) is 0 Å². The molecule has 1 saturated heterocycles. The van der Waals surface area contributed by atoms with Gasteiger partial charge in [-0.05, 0) is 45.1 Å². The van der Waals surface area contributed by atoms with Crippen molar-refractivity contribution < 1.29 is 29.3 Å². The van der Waals surface area contributed by atoms with Crippen molar-refractivity contribution in [3.63, 3.8) is 0 Å². The average Bonchev–Trinajstić information content (AvgIpc) is 3.23. The number of carbonyl (C=O) groups excluding carboxylic acids is 1. The van der Waals surface area contributed by atoms with Gasteiger partial charge in [0.2, 0.25) is 0 Å². The Morgan fingerprint density at radius 2 is 2.00 bits per heavy atom. The largest absolute Gasteiger partial charge is 0.472 e. The number of rotatable bonds is 1.